The van der Waals surface area contributed by atoms with Crippen molar-refractivity contribution in [1.82, 2.24) is 15.5 Å². The van der Waals surface area contributed by atoms with Crippen LogP contribution in [0.4, 0.5) is 4.39 Å². The first-order valence-corrected chi connectivity index (χ1v) is 12.3. The fourth-order valence-electron chi connectivity index (χ4n) is 4.29. The summed E-state index contributed by atoms with van der Waals surface area (Å²) in [6.07, 6.45) is 2.69. The minimum absolute atomic E-state index is 0.0348. The Bertz CT molecular complexity index is 1180. The van der Waals surface area contributed by atoms with Gasteiger partial charge in [-0.3, -0.25) is 14.5 Å². The summed E-state index contributed by atoms with van der Waals surface area (Å²) in [5.74, 6) is -1.13. The molecule has 4 rings (SSSR count). The highest BCUT2D eigenvalue weighted by atomic mass is 35.5. The summed E-state index contributed by atoms with van der Waals surface area (Å²) >= 11 is 5.91. The second-order valence-electron chi connectivity index (χ2n) is 8.74. The molecule has 0 aliphatic carbocycles. The van der Waals surface area contributed by atoms with E-state index in [1.165, 1.54) is 43.6 Å². The summed E-state index contributed by atoms with van der Waals surface area (Å²) in [7, 11) is 0. The van der Waals surface area contributed by atoms with Gasteiger partial charge in [0.15, 0.2) is 0 Å². The maximum atomic E-state index is 13.2. The lowest BCUT2D eigenvalue weighted by molar-refractivity contribution is -0.121. The fraction of sp³-hybridized carbons (Fsp3) is 0.286. The van der Waals surface area contributed by atoms with Gasteiger partial charge in [-0.1, -0.05) is 60.1 Å². The zero-order chi connectivity index (χ0) is 24.6. The van der Waals surface area contributed by atoms with Crippen molar-refractivity contribution in [2.45, 2.75) is 32.4 Å². The Morgan fingerprint density at radius 1 is 0.943 bits per heavy atom. The number of amides is 2. The molecule has 1 fully saturated rings. The van der Waals surface area contributed by atoms with Crippen molar-refractivity contribution in [2.75, 3.05) is 19.6 Å². The van der Waals surface area contributed by atoms with E-state index in [4.69, 9.17) is 11.6 Å². The SMILES string of the molecule is O=C(CCNC(=O)c1ccc(F)cc1Cl)NCc1ccccc1-c1ccc(CN2CCCC2)cc1. The first-order valence-electron chi connectivity index (χ1n) is 11.9. The highest BCUT2D eigenvalue weighted by molar-refractivity contribution is 6.33. The molecule has 0 radical (unpaired) electrons. The Morgan fingerprint density at radius 3 is 2.43 bits per heavy atom. The minimum Gasteiger partial charge on any atom is -0.352 e. The van der Waals surface area contributed by atoms with Gasteiger partial charge in [0, 0.05) is 26.1 Å². The van der Waals surface area contributed by atoms with Gasteiger partial charge in [0.1, 0.15) is 5.82 Å². The quantitative estimate of drug-likeness (QED) is 0.432. The minimum atomic E-state index is -0.510. The number of carbonyl (C=O) groups is 2. The molecule has 1 saturated heterocycles. The van der Waals surface area contributed by atoms with Crippen molar-refractivity contribution in [1.29, 1.82) is 0 Å². The van der Waals surface area contributed by atoms with E-state index in [1.54, 1.807) is 0 Å². The summed E-state index contributed by atoms with van der Waals surface area (Å²) in [5, 5.41) is 5.61. The van der Waals surface area contributed by atoms with E-state index in [9.17, 15) is 14.0 Å². The van der Waals surface area contributed by atoms with E-state index < -0.39 is 11.7 Å². The predicted octanol–water partition coefficient (Wildman–Crippen LogP) is 5.18. The molecule has 5 nitrogen and oxygen atoms in total. The second-order valence-corrected chi connectivity index (χ2v) is 9.15. The zero-order valence-electron chi connectivity index (χ0n) is 19.5. The first-order chi connectivity index (χ1) is 17.0. The Kier molecular flexibility index (Phi) is 8.50. The third-order valence-electron chi connectivity index (χ3n) is 6.18. The fourth-order valence-corrected chi connectivity index (χ4v) is 4.54. The number of hydrogen-bond donors (Lipinski definition) is 2. The number of likely N-dealkylation sites (tertiary alicyclic amines) is 1. The summed E-state index contributed by atoms with van der Waals surface area (Å²) in [4.78, 5) is 27.0. The van der Waals surface area contributed by atoms with Crippen LogP contribution in [0.2, 0.25) is 5.02 Å². The molecule has 2 amide bonds. The third kappa shape index (κ3) is 6.90. The predicted molar refractivity (Wildman–Crippen MR) is 137 cm³/mol. The van der Waals surface area contributed by atoms with Crippen LogP contribution in [0.15, 0.2) is 66.7 Å². The molecule has 1 heterocycles. The molecule has 0 saturated carbocycles. The maximum Gasteiger partial charge on any atom is 0.252 e. The summed E-state index contributed by atoms with van der Waals surface area (Å²) in [6.45, 7) is 3.88. The van der Waals surface area contributed by atoms with Gasteiger partial charge in [-0.2, -0.15) is 0 Å². The van der Waals surface area contributed by atoms with E-state index in [2.05, 4.69) is 45.9 Å². The largest absolute Gasteiger partial charge is 0.352 e. The molecule has 1 aliphatic rings. The van der Waals surface area contributed by atoms with Crippen LogP contribution < -0.4 is 10.6 Å². The number of carbonyl (C=O) groups excluding carboxylic acids is 2. The Labute approximate surface area is 210 Å². The van der Waals surface area contributed by atoms with Crippen LogP contribution in [-0.4, -0.2) is 36.3 Å². The Morgan fingerprint density at radius 2 is 1.69 bits per heavy atom. The van der Waals surface area contributed by atoms with E-state index in [1.807, 2.05) is 18.2 Å². The molecule has 0 aromatic heterocycles. The number of benzene rings is 3. The van der Waals surface area contributed by atoms with E-state index in [-0.39, 0.29) is 29.5 Å². The molecule has 0 bridgehead atoms. The molecular weight excluding hydrogens is 465 g/mol. The zero-order valence-corrected chi connectivity index (χ0v) is 20.3. The topological polar surface area (TPSA) is 61.4 Å². The Hall–Kier alpha value is -3.22. The van der Waals surface area contributed by atoms with Gasteiger partial charge in [0.05, 0.1) is 10.6 Å². The summed E-state index contributed by atoms with van der Waals surface area (Å²) in [6, 6.07) is 20.2. The summed E-state index contributed by atoms with van der Waals surface area (Å²) < 4.78 is 13.2. The van der Waals surface area contributed by atoms with Crippen molar-refractivity contribution in [3.05, 3.63) is 94.3 Å². The molecule has 0 atom stereocenters. The van der Waals surface area contributed by atoms with E-state index in [0.29, 0.717) is 6.54 Å². The molecular formula is C28H29ClFN3O2. The van der Waals surface area contributed by atoms with Gasteiger partial charge in [0.25, 0.3) is 5.91 Å². The number of rotatable bonds is 9. The first kappa shape index (κ1) is 24.9. The molecule has 3 aromatic carbocycles. The van der Waals surface area contributed by atoms with Gasteiger partial charge in [-0.25, -0.2) is 4.39 Å². The molecule has 1 aliphatic heterocycles. The highest BCUT2D eigenvalue weighted by Crippen LogP contribution is 2.25. The molecule has 0 spiro atoms. The molecule has 2 N–H and O–H groups in total. The smallest absolute Gasteiger partial charge is 0.252 e. The highest BCUT2D eigenvalue weighted by Gasteiger charge is 2.13. The maximum absolute atomic E-state index is 13.2. The Balaban J connectivity index is 1.28. The lowest BCUT2D eigenvalue weighted by atomic mass is 9.98. The molecule has 0 unspecified atom stereocenters. The van der Waals surface area contributed by atoms with Crippen LogP contribution in [0.3, 0.4) is 0 Å². The van der Waals surface area contributed by atoms with Gasteiger partial charge in [-0.15, -0.1) is 0 Å². The average Bonchev–Trinajstić information content (AvgIpc) is 3.36. The van der Waals surface area contributed by atoms with Gasteiger partial charge < -0.3 is 10.6 Å². The number of halogens is 2. The number of nitrogens with one attached hydrogen (secondary N) is 2. The molecule has 3 aromatic rings. The van der Waals surface area contributed by atoms with Crippen molar-refractivity contribution in [3.63, 3.8) is 0 Å². The normalized spacial score (nSPS) is 13.5. The van der Waals surface area contributed by atoms with Crippen molar-refractivity contribution in [2.24, 2.45) is 0 Å². The standard InChI is InChI=1S/C28H29ClFN3O2/c29-26-17-23(30)11-12-25(26)28(35)31-14-13-27(34)32-18-22-5-1-2-6-24(22)21-9-7-20(8-10-21)19-33-15-3-4-16-33/h1-2,5-12,17H,3-4,13-16,18-19H2,(H,31,35)(H,32,34). The van der Waals surface area contributed by atoms with Crippen LogP contribution in [0.1, 0.15) is 40.7 Å². The lowest BCUT2D eigenvalue weighted by Crippen LogP contribution is -2.30. The molecule has 182 valence electrons. The molecule has 7 heteroatoms. The van der Waals surface area contributed by atoms with Crippen LogP contribution in [0, 0.1) is 5.82 Å². The number of nitrogens with zero attached hydrogens (tertiary/aromatic N) is 1. The average molecular weight is 494 g/mol. The van der Waals surface area contributed by atoms with Crippen LogP contribution in [-0.2, 0) is 17.9 Å². The van der Waals surface area contributed by atoms with Gasteiger partial charge in [0.2, 0.25) is 5.91 Å². The summed E-state index contributed by atoms with van der Waals surface area (Å²) in [5.41, 5.74) is 4.71. The van der Waals surface area contributed by atoms with Crippen LogP contribution >= 0.6 is 11.6 Å². The van der Waals surface area contributed by atoms with Crippen LogP contribution in [0.25, 0.3) is 11.1 Å². The van der Waals surface area contributed by atoms with E-state index >= 15 is 0 Å². The van der Waals surface area contributed by atoms with Gasteiger partial charge >= 0.3 is 0 Å². The van der Waals surface area contributed by atoms with Crippen LogP contribution in [0.5, 0.6) is 0 Å². The number of hydrogen-bond acceptors (Lipinski definition) is 3. The van der Waals surface area contributed by atoms with Crippen molar-refractivity contribution >= 4 is 23.4 Å². The second kappa shape index (κ2) is 12.0. The lowest BCUT2D eigenvalue weighted by Gasteiger charge is -2.15. The van der Waals surface area contributed by atoms with Gasteiger partial charge in [-0.05, 0) is 66.4 Å². The van der Waals surface area contributed by atoms with Crippen molar-refractivity contribution in [3.8, 4) is 11.1 Å². The van der Waals surface area contributed by atoms with E-state index in [0.717, 1.165) is 29.3 Å². The third-order valence-corrected chi connectivity index (χ3v) is 6.49. The molecule has 35 heavy (non-hydrogen) atoms. The van der Waals surface area contributed by atoms with Crippen molar-refractivity contribution < 1.29 is 14.0 Å². The monoisotopic (exact) mass is 493 g/mol.